The molecule has 1 amide bonds. The van der Waals surface area contributed by atoms with Gasteiger partial charge in [0.25, 0.3) is 5.91 Å². The Kier molecular flexibility index (Phi) is 6.73. The second kappa shape index (κ2) is 9.65. The summed E-state index contributed by atoms with van der Waals surface area (Å²) in [5.74, 6) is 0.525. The van der Waals surface area contributed by atoms with Gasteiger partial charge in [0.1, 0.15) is 0 Å². The van der Waals surface area contributed by atoms with E-state index in [0.29, 0.717) is 18.1 Å². The maximum absolute atomic E-state index is 12.5. The minimum absolute atomic E-state index is 0.0469. The number of anilines is 2. The molecule has 3 aromatic rings. The second-order valence-corrected chi connectivity index (χ2v) is 6.76. The maximum Gasteiger partial charge on any atom is 0.256 e. The predicted molar refractivity (Wildman–Crippen MR) is 113 cm³/mol. The van der Waals surface area contributed by atoms with Crippen LogP contribution in [-0.2, 0) is 6.54 Å². The lowest BCUT2D eigenvalue weighted by Crippen LogP contribution is -2.28. The Balaban J connectivity index is 1.83. The lowest BCUT2D eigenvalue weighted by molar-refractivity contribution is 0.0792. The largest absolute Gasteiger partial charge is 0.342 e. The molecule has 0 saturated carbocycles. The number of amides is 1. The van der Waals surface area contributed by atoms with Crippen molar-refractivity contribution in [3.05, 3.63) is 84.2 Å². The van der Waals surface area contributed by atoms with Crippen molar-refractivity contribution >= 4 is 17.5 Å². The molecule has 0 unspecified atom stereocenters. The molecule has 0 aliphatic heterocycles. The zero-order valence-electron chi connectivity index (χ0n) is 16.5. The number of carbonyl (C=O) groups excluding carboxylic acids is 1. The number of benzene rings is 2. The summed E-state index contributed by atoms with van der Waals surface area (Å²) in [7, 11) is 1.82. The summed E-state index contributed by atoms with van der Waals surface area (Å²) >= 11 is 0. The molecule has 0 saturated heterocycles. The fourth-order valence-electron chi connectivity index (χ4n) is 2.94. The van der Waals surface area contributed by atoms with E-state index in [1.54, 1.807) is 17.3 Å². The molecule has 0 N–H and O–H groups in total. The molecule has 0 radical (unpaired) electrons. The van der Waals surface area contributed by atoms with Crippen molar-refractivity contribution in [2.75, 3.05) is 18.5 Å². The number of aromatic nitrogens is 2. The van der Waals surface area contributed by atoms with E-state index < -0.39 is 0 Å². The van der Waals surface area contributed by atoms with Gasteiger partial charge in [0.15, 0.2) is 0 Å². The highest BCUT2D eigenvalue weighted by molar-refractivity contribution is 5.93. The lowest BCUT2D eigenvalue weighted by atomic mass is 10.2. The Hall–Kier alpha value is -3.21. The van der Waals surface area contributed by atoms with Crippen LogP contribution in [0, 0.1) is 0 Å². The molecule has 0 fully saturated rings. The fraction of sp³-hybridized carbons (Fsp3) is 0.261. The van der Waals surface area contributed by atoms with Crippen molar-refractivity contribution in [2.24, 2.45) is 0 Å². The highest BCUT2D eigenvalue weighted by Crippen LogP contribution is 2.24. The number of nitrogens with zero attached hydrogens (tertiary/aromatic N) is 4. The average Bonchev–Trinajstić information content (AvgIpc) is 2.77. The highest BCUT2D eigenvalue weighted by Gasteiger charge is 2.16. The SMILES string of the molecule is CCCCN(C)C(=O)c1cnc(N(Cc2ccccc2)c2ccccc2)nc1. The minimum Gasteiger partial charge on any atom is -0.342 e. The first-order chi connectivity index (χ1) is 13.7. The Bertz CT molecular complexity index is 866. The van der Waals surface area contributed by atoms with Gasteiger partial charge in [-0.15, -0.1) is 0 Å². The summed E-state index contributed by atoms with van der Waals surface area (Å²) < 4.78 is 0. The monoisotopic (exact) mass is 374 g/mol. The predicted octanol–water partition coefficient (Wildman–Crippen LogP) is 4.69. The third-order valence-electron chi connectivity index (χ3n) is 4.57. The summed E-state index contributed by atoms with van der Waals surface area (Å²) in [5.41, 5.74) is 2.68. The molecule has 0 atom stereocenters. The van der Waals surface area contributed by atoms with Crippen LogP contribution < -0.4 is 4.90 Å². The van der Waals surface area contributed by atoms with Gasteiger partial charge in [-0.2, -0.15) is 0 Å². The van der Waals surface area contributed by atoms with Crippen molar-refractivity contribution in [1.29, 1.82) is 0 Å². The van der Waals surface area contributed by atoms with Gasteiger partial charge in [-0.3, -0.25) is 4.79 Å². The standard InChI is InChI=1S/C23H26N4O/c1-3-4-15-26(2)22(28)20-16-24-23(25-17-20)27(21-13-9-6-10-14-21)18-19-11-7-5-8-12-19/h5-14,16-17H,3-4,15,18H2,1-2H3. The molecule has 0 spiro atoms. The fourth-order valence-corrected chi connectivity index (χ4v) is 2.94. The number of unbranched alkanes of at least 4 members (excludes halogenated alkanes) is 1. The van der Waals surface area contributed by atoms with Crippen LogP contribution in [0.4, 0.5) is 11.6 Å². The van der Waals surface area contributed by atoms with E-state index in [2.05, 4.69) is 29.0 Å². The second-order valence-electron chi connectivity index (χ2n) is 6.76. The minimum atomic E-state index is -0.0469. The maximum atomic E-state index is 12.5. The molecule has 1 heterocycles. The van der Waals surface area contributed by atoms with Crippen molar-refractivity contribution in [1.82, 2.24) is 14.9 Å². The van der Waals surface area contributed by atoms with E-state index in [1.165, 1.54) is 0 Å². The van der Waals surface area contributed by atoms with Gasteiger partial charge in [0.2, 0.25) is 5.95 Å². The lowest BCUT2D eigenvalue weighted by Gasteiger charge is -2.23. The first-order valence-corrected chi connectivity index (χ1v) is 9.63. The van der Waals surface area contributed by atoms with Crippen LogP contribution in [0.1, 0.15) is 35.7 Å². The van der Waals surface area contributed by atoms with Crippen molar-refractivity contribution < 1.29 is 4.79 Å². The Morgan fingerprint density at radius 1 is 0.929 bits per heavy atom. The van der Waals surface area contributed by atoms with Gasteiger partial charge in [0.05, 0.1) is 12.1 Å². The molecule has 5 heteroatoms. The molecule has 144 valence electrons. The van der Waals surface area contributed by atoms with E-state index in [4.69, 9.17) is 0 Å². The van der Waals surface area contributed by atoms with Crippen LogP contribution in [0.15, 0.2) is 73.1 Å². The van der Waals surface area contributed by atoms with Gasteiger partial charge < -0.3 is 9.80 Å². The van der Waals surface area contributed by atoms with Crippen LogP contribution >= 0.6 is 0 Å². The van der Waals surface area contributed by atoms with Gasteiger partial charge in [-0.05, 0) is 24.1 Å². The molecule has 0 aliphatic carbocycles. The summed E-state index contributed by atoms with van der Waals surface area (Å²) in [6.07, 6.45) is 5.28. The highest BCUT2D eigenvalue weighted by atomic mass is 16.2. The first kappa shape index (κ1) is 19.5. The van der Waals surface area contributed by atoms with Crippen molar-refractivity contribution in [2.45, 2.75) is 26.3 Å². The molecule has 5 nitrogen and oxygen atoms in total. The number of carbonyl (C=O) groups is 1. The van der Waals surface area contributed by atoms with Gasteiger partial charge >= 0.3 is 0 Å². The third-order valence-corrected chi connectivity index (χ3v) is 4.57. The van der Waals surface area contributed by atoms with Crippen molar-refractivity contribution in [3.63, 3.8) is 0 Å². The molecular weight excluding hydrogens is 348 g/mol. The molecule has 0 bridgehead atoms. The number of para-hydroxylation sites is 1. The Labute approximate surface area is 166 Å². The number of hydrogen-bond donors (Lipinski definition) is 0. The van der Waals surface area contributed by atoms with E-state index in [1.807, 2.05) is 60.5 Å². The van der Waals surface area contributed by atoms with Gasteiger partial charge in [-0.25, -0.2) is 9.97 Å². The molecule has 0 aliphatic rings. The molecule has 1 aromatic heterocycles. The first-order valence-electron chi connectivity index (χ1n) is 9.63. The van der Waals surface area contributed by atoms with Gasteiger partial charge in [-0.1, -0.05) is 61.9 Å². The molecule has 28 heavy (non-hydrogen) atoms. The van der Waals surface area contributed by atoms with Crippen LogP contribution in [0.5, 0.6) is 0 Å². The van der Waals surface area contributed by atoms with Crippen molar-refractivity contribution in [3.8, 4) is 0 Å². The van der Waals surface area contributed by atoms with E-state index in [9.17, 15) is 4.79 Å². The topological polar surface area (TPSA) is 49.3 Å². The zero-order chi connectivity index (χ0) is 19.8. The average molecular weight is 374 g/mol. The van der Waals surface area contributed by atoms with Crippen LogP contribution in [0.2, 0.25) is 0 Å². The molecule has 2 aromatic carbocycles. The Morgan fingerprint density at radius 3 is 2.14 bits per heavy atom. The van der Waals surface area contributed by atoms with E-state index in [-0.39, 0.29) is 5.91 Å². The van der Waals surface area contributed by atoms with Crippen LogP contribution in [0.3, 0.4) is 0 Å². The quantitative estimate of drug-likeness (QED) is 0.574. The van der Waals surface area contributed by atoms with Crippen LogP contribution in [0.25, 0.3) is 0 Å². The normalized spacial score (nSPS) is 10.5. The summed E-state index contributed by atoms with van der Waals surface area (Å²) in [5, 5.41) is 0. The summed E-state index contributed by atoms with van der Waals surface area (Å²) in [4.78, 5) is 25.3. The summed E-state index contributed by atoms with van der Waals surface area (Å²) in [6.45, 7) is 3.50. The number of rotatable bonds is 8. The van der Waals surface area contributed by atoms with Gasteiger partial charge in [0, 0.05) is 31.7 Å². The Morgan fingerprint density at radius 2 is 1.54 bits per heavy atom. The number of hydrogen-bond acceptors (Lipinski definition) is 4. The van der Waals surface area contributed by atoms with Crippen LogP contribution in [-0.4, -0.2) is 34.4 Å². The molecule has 3 rings (SSSR count). The molecular formula is C23H26N4O. The van der Waals surface area contributed by atoms with E-state index in [0.717, 1.165) is 30.6 Å². The summed E-state index contributed by atoms with van der Waals surface area (Å²) in [6, 6.07) is 20.2. The third kappa shape index (κ3) is 4.94. The van der Waals surface area contributed by atoms with E-state index >= 15 is 0 Å². The zero-order valence-corrected chi connectivity index (χ0v) is 16.5. The smallest absolute Gasteiger partial charge is 0.256 e.